The van der Waals surface area contributed by atoms with Crippen LogP contribution >= 0.6 is 11.6 Å². The highest BCUT2D eigenvalue weighted by atomic mass is 35.5. The number of hydrogen-bond acceptors (Lipinski definition) is 3. The van der Waals surface area contributed by atoms with Crippen molar-refractivity contribution in [3.8, 4) is 5.75 Å². The third kappa shape index (κ3) is 5.48. The summed E-state index contributed by atoms with van der Waals surface area (Å²) in [4.78, 5) is 12.6. The van der Waals surface area contributed by atoms with Crippen LogP contribution in [0.3, 0.4) is 0 Å². The lowest BCUT2D eigenvalue weighted by Gasteiger charge is -2.16. The molecule has 2 aromatic carbocycles. The van der Waals surface area contributed by atoms with E-state index in [0.29, 0.717) is 22.9 Å². The molecule has 0 heterocycles. The highest BCUT2D eigenvalue weighted by molar-refractivity contribution is 6.30. The first kappa shape index (κ1) is 19.3. The highest BCUT2D eigenvalue weighted by Gasteiger charge is 2.14. The lowest BCUT2D eigenvalue weighted by molar-refractivity contribution is 0.0644. The number of carbonyl (C=O) groups is 1. The summed E-state index contributed by atoms with van der Waals surface area (Å²) in [6.45, 7) is 6.27. The largest absolute Gasteiger partial charge is 0.496 e. The zero-order valence-corrected chi connectivity index (χ0v) is 15.8. The molecule has 5 heteroatoms. The minimum Gasteiger partial charge on any atom is -0.496 e. The topological polar surface area (TPSA) is 47.6 Å². The summed E-state index contributed by atoms with van der Waals surface area (Å²) < 4.78 is 11.0. The summed E-state index contributed by atoms with van der Waals surface area (Å²) in [5.74, 6) is 0.568. The van der Waals surface area contributed by atoms with Gasteiger partial charge in [-0.3, -0.25) is 4.79 Å². The summed E-state index contributed by atoms with van der Waals surface area (Å²) >= 11 is 5.90. The molecule has 1 unspecified atom stereocenters. The fraction of sp³-hybridized carbons (Fsp3) is 0.350. The SMILES string of the molecule is COc1ccc(C(=O)NC(C)c2ccc(Cl)cc2)cc1COC(C)C. The molecule has 0 aliphatic heterocycles. The molecule has 0 bridgehead atoms. The van der Waals surface area contributed by atoms with Gasteiger partial charge in [0.1, 0.15) is 5.75 Å². The Morgan fingerprint density at radius 3 is 2.40 bits per heavy atom. The van der Waals surface area contributed by atoms with Crippen LogP contribution in [-0.4, -0.2) is 19.1 Å². The molecule has 1 N–H and O–H groups in total. The Hall–Kier alpha value is -2.04. The van der Waals surface area contributed by atoms with E-state index in [-0.39, 0.29) is 18.1 Å². The Labute approximate surface area is 154 Å². The van der Waals surface area contributed by atoms with E-state index in [1.54, 1.807) is 19.2 Å². The zero-order valence-electron chi connectivity index (χ0n) is 15.0. The van der Waals surface area contributed by atoms with Crippen LogP contribution in [0, 0.1) is 0 Å². The second-order valence-electron chi connectivity index (χ2n) is 6.13. The molecule has 0 aliphatic carbocycles. The smallest absolute Gasteiger partial charge is 0.251 e. The van der Waals surface area contributed by atoms with Gasteiger partial charge in [0, 0.05) is 16.1 Å². The maximum Gasteiger partial charge on any atom is 0.251 e. The predicted molar refractivity (Wildman–Crippen MR) is 100 cm³/mol. The van der Waals surface area contributed by atoms with Crippen LogP contribution in [0.4, 0.5) is 0 Å². The molecule has 4 nitrogen and oxygen atoms in total. The molecule has 0 saturated carbocycles. The number of amides is 1. The Morgan fingerprint density at radius 2 is 1.80 bits per heavy atom. The molecular weight excluding hydrogens is 338 g/mol. The van der Waals surface area contributed by atoms with Gasteiger partial charge in [0.25, 0.3) is 5.91 Å². The van der Waals surface area contributed by atoms with Gasteiger partial charge in [0.05, 0.1) is 25.9 Å². The maximum absolute atomic E-state index is 12.6. The minimum absolute atomic E-state index is 0.104. The van der Waals surface area contributed by atoms with Gasteiger partial charge in [-0.2, -0.15) is 0 Å². The first-order valence-electron chi connectivity index (χ1n) is 8.25. The van der Waals surface area contributed by atoms with Crippen LogP contribution < -0.4 is 10.1 Å². The fourth-order valence-electron chi connectivity index (χ4n) is 2.40. The molecule has 0 radical (unpaired) electrons. The van der Waals surface area contributed by atoms with E-state index < -0.39 is 0 Å². The molecule has 0 aliphatic rings. The van der Waals surface area contributed by atoms with Crippen molar-refractivity contribution in [3.05, 3.63) is 64.2 Å². The number of benzene rings is 2. The monoisotopic (exact) mass is 361 g/mol. The van der Waals surface area contributed by atoms with Crippen LogP contribution in [0.5, 0.6) is 5.75 Å². The first-order valence-corrected chi connectivity index (χ1v) is 8.63. The van der Waals surface area contributed by atoms with Crippen molar-refractivity contribution < 1.29 is 14.3 Å². The van der Waals surface area contributed by atoms with Crippen molar-refractivity contribution in [1.29, 1.82) is 0 Å². The second-order valence-corrected chi connectivity index (χ2v) is 6.57. The van der Waals surface area contributed by atoms with E-state index in [4.69, 9.17) is 21.1 Å². The molecule has 1 amide bonds. The van der Waals surface area contributed by atoms with Gasteiger partial charge in [0.15, 0.2) is 0 Å². The van der Waals surface area contributed by atoms with Crippen molar-refractivity contribution in [1.82, 2.24) is 5.32 Å². The summed E-state index contributed by atoms with van der Waals surface area (Å²) in [7, 11) is 1.61. The van der Waals surface area contributed by atoms with Crippen molar-refractivity contribution in [2.45, 2.75) is 39.5 Å². The molecule has 2 aromatic rings. The molecular formula is C20H24ClNO3. The zero-order chi connectivity index (χ0) is 18.4. The number of hydrogen-bond donors (Lipinski definition) is 1. The number of ether oxygens (including phenoxy) is 2. The molecule has 0 spiro atoms. The molecule has 1 atom stereocenters. The Balaban J connectivity index is 2.12. The molecule has 25 heavy (non-hydrogen) atoms. The molecule has 0 saturated heterocycles. The van der Waals surface area contributed by atoms with E-state index in [0.717, 1.165) is 11.1 Å². The molecule has 0 aromatic heterocycles. The van der Waals surface area contributed by atoms with Crippen LogP contribution in [0.1, 0.15) is 48.3 Å². The number of methoxy groups -OCH3 is 1. The van der Waals surface area contributed by atoms with E-state index in [1.165, 1.54) is 0 Å². The van der Waals surface area contributed by atoms with Crippen molar-refractivity contribution >= 4 is 17.5 Å². The molecule has 134 valence electrons. The van der Waals surface area contributed by atoms with E-state index >= 15 is 0 Å². The Kier molecular flexibility index (Phi) is 6.85. The summed E-state index contributed by atoms with van der Waals surface area (Å²) in [6.07, 6.45) is 0.104. The average Bonchev–Trinajstić information content (AvgIpc) is 2.60. The van der Waals surface area contributed by atoms with Gasteiger partial charge in [-0.1, -0.05) is 23.7 Å². The van der Waals surface area contributed by atoms with E-state index in [2.05, 4.69) is 5.32 Å². The first-order chi connectivity index (χ1) is 11.9. The Bertz CT molecular complexity index is 713. The molecule has 2 rings (SSSR count). The minimum atomic E-state index is -0.143. The van der Waals surface area contributed by atoms with Gasteiger partial charge in [-0.25, -0.2) is 0 Å². The lowest BCUT2D eigenvalue weighted by Crippen LogP contribution is -2.26. The van der Waals surface area contributed by atoms with Gasteiger partial charge >= 0.3 is 0 Å². The summed E-state index contributed by atoms with van der Waals surface area (Å²) in [5, 5.41) is 3.67. The van der Waals surface area contributed by atoms with Gasteiger partial charge in [0.2, 0.25) is 0 Å². The Morgan fingerprint density at radius 1 is 1.12 bits per heavy atom. The van der Waals surface area contributed by atoms with Crippen LogP contribution in [-0.2, 0) is 11.3 Å². The van der Waals surface area contributed by atoms with Crippen LogP contribution in [0.15, 0.2) is 42.5 Å². The standard InChI is InChI=1S/C20H24ClNO3/c1-13(2)25-12-17-11-16(7-10-19(17)24-4)20(23)22-14(3)15-5-8-18(21)9-6-15/h5-11,13-14H,12H2,1-4H3,(H,22,23). The van der Waals surface area contributed by atoms with Gasteiger partial charge in [-0.15, -0.1) is 0 Å². The third-order valence-corrected chi connectivity index (χ3v) is 4.08. The number of rotatable bonds is 7. The number of carbonyl (C=O) groups excluding carboxylic acids is 1. The lowest BCUT2D eigenvalue weighted by atomic mass is 10.1. The predicted octanol–water partition coefficient (Wildman–Crippen LogP) is 4.76. The van der Waals surface area contributed by atoms with Gasteiger partial charge < -0.3 is 14.8 Å². The van der Waals surface area contributed by atoms with E-state index in [9.17, 15) is 4.79 Å². The van der Waals surface area contributed by atoms with Gasteiger partial charge in [-0.05, 0) is 56.7 Å². The maximum atomic E-state index is 12.6. The number of nitrogens with one attached hydrogen (secondary N) is 1. The van der Waals surface area contributed by atoms with Crippen molar-refractivity contribution in [2.75, 3.05) is 7.11 Å². The van der Waals surface area contributed by atoms with Crippen molar-refractivity contribution in [3.63, 3.8) is 0 Å². The fourth-order valence-corrected chi connectivity index (χ4v) is 2.53. The quantitative estimate of drug-likeness (QED) is 0.773. The molecule has 0 fully saturated rings. The average molecular weight is 362 g/mol. The number of halogens is 1. The van der Waals surface area contributed by atoms with Crippen LogP contribution in [0.25, 0.3) is 0 Å². The summed E-state index contributed by atoms with van der Waals surface area (Å²) in [6, 6.07) is 12.7. The highest BCUT2D eigenvalue weighted by Crippen LogP contribution is 2.22. The second kappa shape index (κ2) is 8.88. The summed E-state index contributed by atoms with van der Waals surface area (Å²) in [5.41, 5.74) is 2.42. The normalized spacial score (nSPS) is 12.1. The van der Waals surface area contributed by atoms with E-state index in [1.807, 2.05) is 51.1 Å². The van der Waals surface area contributed by atoms with Crippen LogP contribution in [0.2, 0.25) is 5.02 Å². The third-order valence-electron chi connectivity index (χ3n) is 3.83. The van der Waals surface area contributed by atoms with Crippen molar-refractivity contribution in [2.24, 2.45) is 0 Å².